The van der Waals surface area contributed by atoms with Gasteiger partial charge in [0.05, 0.1) is 0 Å². The zero-order chi connectivity index (χ0) is 18.0. The highest BCUT2D eigenvalue weighted by Crippen LogP contribution is 2.30. The molecule has 0 bridgehead atoms. The Bertz CT molecular complexity index is 713. The summed E-state index contributed by atoms with van der Waals surface area (Å²) in [4.78, 5) is 18.9. The lowest BCUT2D eigenvalue weighted by atomic mass is 9.92. The normalized spacial score (nSPS) is 19.2. The summed E-state index contributed by atoms with van der Waals surface area (Å²) in [6, 6.07) is 1.87. The predicted molar refractivity (Wildman–Crippen MR) is 94.3 cm³/mol. The fourth-order valence-electron chi connectivity index (χ4n) is 3.65. The molecule has 1 aliphatic rings. The van der Waals surface area contributed by atoms with Gasteiger partial charge >= 0.3 is 0 Å². The number of piperidine rings is 1. The number of rotatable bonds is 5. The number of aliphatic hydroxyl groups is 1. The maximum absolute atomic E-state index is 12.8. The van der Waals surface area contributed by atoms with Gasteiger partial charge in [-0.3, -0.25) is 4.79 Å². The number of imidazole rings is 1. The number of hydrogen-bond acceptors (Lipinski definition) is 4. The second-order valence-electron chi connectivity index (χ2n) is 6.76. The van der Waals surface area contributed by atoms with Gasteiger partial charge in [-0.05, 0) is 30.9 Å². The molecule has 1 fully saturated rings. The van der Waals surface area contributed by atoms with Crippen molar-refractivity contribution in [2.45, 2.75) is 45.6 Å². The summed E-state index contributed by atoms with van der Waals surface area (Å²) in [6.45, 7) is 5.33. The number of aliphatic hydroxyl groups excluding tert-OH is 1. The standard InChI is InChI=1S/C19H27N3O3/c1-4-13-11-16(25-15(13)5-2)19(24)22-9-6-7-14(12-22)17(23)18-20-8-10-21(18)3/h8,10-11,14,17,23H,4-7,9,12H2,1-3H3. The average molecular weight is 345 g/mol. The van der Waals surface area contributed by atoms with Crippen LogP contribution in [0.5, 0.6) is 0 Å². The fraction of sp³-hybridized carbons (Fsp3) is 0.579. The number of aryl methyl sites for hydroxylation is 3. The second-order valence-corrected chi connectivity index (χ2v) is 6.76. The van der Waals surface area contributed by atoms with E-state index in [4.69, 9.17) is 4.42 Å². The minimum Gasteiger partial charge on any atom is -0.456 e. The van der Waals surface area contributed by atoms with Crippen LogP contribution < -0.4 is 0 Å². The van der Waals surface area contributed by atoms with Crippen molar-refractivity contribution in [2.24, 2.45) is 13.0 Å². The lowest BCUT2D eigenvalue weighted by Crippen LogP contribution is -2.41. The molecule has 0 aromatic carbocycles. The Morgan fingerprint density at radius 3 is 2.84 bits per heavy atom. The highest BCUT2D eigenvalue weighted by atomic mass is 16.4. The zero-order valence-corrected chi connectivity index (χ0v) is 15.2. The summed E-state index contributed by atoms with van der Waals surface area (Å²) in [5, 5.41) is 10.7. The van der Waals surface area contributed by atoms with Gasteiger partial charge in [0.15, 0.2) is 5.76 Å². The quantitative estimate of drug-likeness (QED) is 0.904. The van der Waals surface area contributed by atoms with Gasteiger partial charge in [0.1, 0.15) is 17.7 Å². The van der Waals surface area contributed by atoms with E-state index in [2.05, 4.69) is 11.9 Å². The maximum atomic E-state index is 12.8. The first-order valence-corrected chi connectivity index (χ1v) is 9.11. The minimum atomic E-state index is -0.662. The molecule has 3 heterocycles. The van der Waals surface area contributed by atoms with Crippen LogP contribution in [0.15, 0.2) is 22.9 Å². The van der Waals surface area contributed by atoms with Crippen LogP contribution in [0.1, 0.15) is 60.5 Å². The van der Waals surface area contributed by atoms with Crippen molar-refractivity contribution in [3.63, 3.8) is 0 Å². The van der Waals surface area contributed by atoms with Crippen molar-refractivity contribution in [1.29, 1.82) is 0 Å². The van der Waals surface area contributed by atoms with Crippen LogP contribution in [0, 0.1) is 5.92 Å². The summed E-state index contributed by atoms with van der Waals surface area (Å²) in [6.07, 6.45) is 6.26. The third-order valence-corrected chi connectivity index (χ3v) is 5.12. The van der Waals surface area contributed by atoms with E-state index < -0.39 is 6.10 Å². The molecule has 6 nitrogen and oxygen atoms in total. The molecule has 2 unspecified atom stereocenters. The third-order valence-electron chi connectivity index (χ3n) is 5.12. The minimum absolute atomic E-state index is 0.00921. The van der Waals surface area contributed by atoms with Crippen molar-refractivity contribution >= 4 is 5.91 Å². The Hall–Kier alpha value is -2.08. The van der Waals surface area contributed by atoms with Crippen LogP contribution in [0.2, 0.25) is 0 Å². The molecule has 1 N–H and O–H groups in total. The molecular weight excluding hydrogens is 318 g/mol. The van der Waals surface area contributed by atoms with E-state index in [1.54, 1.807) is 11.1 Å². The lowest BCUT2D eigenvalue weighted by Gasteiger charge is -2.34. The van der Waals surface area contributed by atoms with Crippen molar-refractivity contribution in [3.8, 4) is 0 Å². The Morgan fingerprint density at radius 2 is 2.24 bits per heavy atom. The van der Waals surface area contributed by atoms with Gasteiger partial charge in [-0.15, -0.1) is 0 Å². The first-order chi connectivity index (χ1) is 12.0. The third kappa shape index (κ3) is 3.49. The molecule has 2 aromatic heterocycles. The number of carbonyl (C=O) groups is 1. The molecule has 0 spiro atoms. The van der Waals surface area contributed by atoms with Gasteiger partial charge in [0, 0.05) is 44.9 Å². The van der Waals surface area contributed by atoms with E-state index >= 15 is 0 Å². The zero-order valence-electron chi connectivity index (χ0n) is 15.2. The van der Waals surface area contributed by atoms with E-state index in [1.165, 1.54) is 0 Å². The van der Waals surface area contributed by atoms with E-state index in [0.29, 0.717) is 24.7 Å². The monoisotopic (exact) mass is 345 g/mol. The smallest absolute Gasteiger partial charge is 0.289 e. The number of likely N-dealkylation sites (tertiary alicyclic amines) is 1. The van der Waals surface area contributed by atoms with Gasteiger partial charge in [0.2, 0.25) is 0 Å². The number of aromatic nitrogens is 2. The molecule has 25 heavy (non-hydrogen) atoms. The van der Waals surface area contributed by atoms with Crippen molar-refractivity contribution in [1.82, 2.24) is 14.5 Å². The Labute approximate surface area is 148 Å². The highest BCUT2D eigenvalue weighted by molar-refractivity contribution is 5.92. The first-order valence-electron chi connectivity index (χ1n) is 9.11. The number of amides is 1. The Morgan fingerprint density at radius 1 is 1.44 bits per heavy atom. The maximum Gasteiger partial charge on any atom is 0.289 e. The lowest BCUT2D eigenvalue weighted by molar-refractivity contribution is 0.0339. The molecule has 0 saturated carbocycles. The Balaban J connectivity index is 1.73. The van der Waals surface area contributed by atoms with Crippen LogP contribution in [0.4, 0.5) is 0 Å². The van der Waals surface area contributed by atoms with Crippen LogP contribution >= 0.6 is 0 Å². The highest BCUT2D eigenvalue weighted by Gasteiger charge is 2.32. The molecule has 136 valence electrons. The van der Waals surface area contributed by atoms with E-state index in [9.17, 15) is 9.90 Å². The molecule has 0 aliphatic carbocycles. The van der Waals surface area contributed by atoms with Gasteiger partial charge in [0.25, 0.3) is 5.91 Å². The molecule has 2 atom stereocenters. The van der Waals surface area contributed by atoms with E-state index in [0.717, 1.165) is 37.0 Å². The molecule has 1 aliphatic heterocycles. The average Bonchev–Trinajstić information content (AvgIpc) is 3.26. The summed E-state index contributed by atoms with van der Waals surface area (Å²) >= 11 is 0. The SMILES string of the molecule is CCc1cc(C(=O)N2CCCC(C(O)c3nccn3C)C2)oc1CC. The van der Waals surface area contributed by atoms with Crippen LogP contribution in [0.25, 0.3) is 0 Å². The number of nitrogens with zero attached hydrogens (tertiary/aromatic N) is 3. The summed E-state index contributed by atoms with van der Waals surface area (Å²) in [5.41, 5.74) is 1.10. The molecule has 1 saturated heterocycles. The molecular formula is C19H27N3O3. The van der Waals surface area contributed by atoms with Crippen LogP contribution in [-0.4, -0.2) is 38.6 Å². The molecule has 6 heteroatoms. The number of furan rings is 1. The van der Waals surface area contributed by atoms with Gasteiger partial charge in [-0.1, -0.05) is 13.8 Å². The first kappa shape index (κ1) is 17.7. The number of hydrogen-bond donors (Lipinski definition) is 1. The topological polar surface area (TPSA) is 71.5 Å². The predicted octanol–water partition coefficient (Wildman–Crippen LogP) is 2.72. The largest absolute Gasteiger partial charge is 0.456 e. The van der Waals surface area contributed by atoms with Crippen LogP contribution in [-0.2, 0) is 19.9 Å². The van der Waals surface area contributed by atoms with E-state index in [1.807, 2.05) is 30.8 Å². The molecule has 3 rings (SSSR count). The van der Waals surface area contributed by atoms with Crippen molar-refractivity contribution < 1.29 is 14.3 Å². The second kappa shape index (κ2) is 7.44. The molecule has 0 radical (unpaired) electrons. The van der Waals surface area contributed by atoms with Gasteiger partial charge in [-0.2, -0.15) is 0 Å². The fourth-order valence-corrected chi connectivity index (χ4v) is 3.65. The summed E-state index contributed by atoms with van der Waals surface area (Å²) < 4.78 is 7.62. The molecule has 2 aromatic rings. The van der Waals surface area contributed by atoms with Crippen molar-refractivity contribution in [2.75, 3.05) is 13.1 Å². The number of carbonyl (C=O) groups excluding carboxylic acids is 1. The van der Waals surface area contributed by atoms with Crippen LogP contribution in [0.3, 0.4) is 0 Å². The summed E-state index contributed by atoms with van der Waals surface area (Å²) in [7, 11) is 1.87. The molecule has 1 amide bonds. The van der Waals surface area contributed by atoms with E-state index in [-0.39, 0.29) is 11.8 Å². The van der Waals surface area contributed by atoms with Gasteiger partial charge < -0.3 is 19.0 Å². The van der Waals surface area contributed by atoms with Gasteiger partial charge in [-0.25, -0.2) is 4.98 Å². The Kier molecular flexibility index (Phi) is 5.27. The van der Waals surface area contributed by atoms with Crippen molar-refractivity contribution in [3.05, 3.63) is 41.4 Å². The summed E-state index contributed by atoms with van der Waals surface area (Å²) in [5.74, 6) is 1.88.